The highest BCUT2D eigenvalue weighted by Crippen LogP contribution is 2.28. The summed E-state index contributed by atoms with van der Waals surface area (Å²) in [5, 5.41) is 5.96. The molecule has 6 heteroatoms. The van der Waals surface area contributed by atoms with Crippen LogP contribution in [0.15, 0.2) is 41.1 Å². The van der Waals surface area contributed by atoms with Crippen molar-refractivity contribution >= 4 is 28.2 Å². The minimum Gasteiger partial charge on any atom is -0.368 e. The minimum absolute atomic E-state index is 0.722. The van der Waals surface area contributed by atoms with E-state index in [-0.39, 0.29) is 0 Å². The van der Waals surface area contributed by atoms with Gasteiger partial charge in [-0.2, -0.15) is 0 Å². The number of rotatable bonds is 3. The van der Waals surface area contributed by atoms with Crippen molar-refractivity contribution in [3.63, 3.8) is 0 Å². The molecule has 1 saturated heterocycles. The van der Waals surface area contributed by atoms with Crippen LogP contribution in [0.2, 0.25) is 5.02 Å². The van der Waals surface area contributed by atoms with Gasteiger partial charge in [-0.3, -0.25) is 9.88 Å². The quantitative estimate of drug-likeness (QED) is 0.729. The smallest absolute Gasteiger partial charge is 0.133 e. The van der Waals surface area contributed by atoms with E-state index in [1.807, 2.05) is 31.3 Å². The van der Waals surface area contributed by atoms with Crippen molar-refractivity contribution in [2.24, 2.45) is 0 Å². The SMILES string of the molecule is Cc1cc(CN2CCN(c3ccnc4cc(Cl)ccc34)CC2)no1. The van der Waals surface area contributed by atoms with E-state index >= 15 is 0 Å². The molecule has 5 nitrogen and oxygen atoms in total. The van der Waals surface area contributed by atoms with E-state index in [9.17, 15) is 0 Å². The highest BCUT2D eigenvalue weighted by Gasteiger charge is 2.19. The van der Waals surface area contributed by atoms with Gasteiger partial charge in [-0.05, 0) is 31.2 Å². The van der Waals surface area contributed by atoms with Crippen molar-refractivity contribution in [2.75, 3.05) is 31.1 Å². The molecule has 124 valence electrons. The maximum atomic E-state index is 6.08. The molecular weight excluding hydrogens is 324 g/mol. The molecule has 0 spiro atoms. The molecule has 0 saturated carbocycles. The lowest BCUT2D eigenvalue weighted by Crippen LogP contribution is -2.46. The van der Waals surface area contributed by atoms with Gasteiger partial charge in [-0.1, -0.05) is 16.8 Å². The fourth-order valence-electron chi connectivity index (χ4n) is 3.25. The van der Waals surface area contributed by atoms with Gasteiger partial charge >= 0.3 is 0 Å². The van der Waals surface area contributed by atoms with Crippen LogP contribution in [-0.4, -0.2) is 41.2 Å². The average molecular weight is 343 g/mol. The molecule has 4 rings (SSSR count). The van der Waals surface area contributed by atoms with Crippen molar-refractivity contribution in [2.45, 2.75) is 13.5 Å². The maximum absolute atomic E-state index is 6.08. The van der Waals surface area contributed by atoms with E-state index in [1.165, 1.54) is 5.69 Å². The third-order valence-electron chi connectivity index (χ3n) is 4.46. The van der Waals surface area contributed by atoms with E-state index in [0.717, 1.165) is 60.1 Å². The van der Waals surface area contributed by atoms with Crippen LogP contribution in [0, 0.1) is 6.92 Å². The van der Waals surface area contributed by atoms with Crippen molar-refractivity contribution in [3.8, 4) is 0 Å². The second-order valence-corrected chi connectivity index (χ2v) is 6.62. The van der Waals surface area contributed by atoms with Crippen molar-refractivity contribution < 1.29 is 4.52 Å². The van der Waals surface area contributed by atoms with Gasteiger partial charge in [0.05, 0.1) is 11.2 Å². The molecule has 3 heterocycles. The number of hydrogen-bond donors (Lipinski definition) is 0. The van der Waals surface area contributed by atoms with Crippen LogP contribution in [0.4, 0.5) is 5.69 Å². The molecule has 0 aliphatic carbocycles. The zero-order valence-electron chi connectivity index (χ0n) is 13.6. The van der Waals surface area contributed by atoms with Gasteiger partial charge in [0.1, 0.15) is 5.76 Å². The first-order chi connectivity index (χ1) is 11.7. The van der Waals surface area contributed by atoms with Crippen LogP contribution >= 0.6 is 11.6 Å². The molecule has 0 N–H and O–H groups in total. The van der Waals surface area contributed by atoms with Crippen LogP contribution in [0.3, 0.4) is 0 Å². The molecule has 1 aliphatic heterocycles. The molecule has 0 radical (unpaired) electrons. The molecule has 1 aliphatic rings. The first-order valence-corrected chi connectivity index (χ1v) is 8.50. The molecule has 1 fully saturated rings. The predicted octanol–water partition coefficient (Wildman–Crippen LogP) is 3.51. The fraction of sp³-hybridized carbons (Fsp3) is 0.333. The highest BCUT2D eigenvalue weighted by atomic mass is 35.5. The lowest BCUT2D eigenvalue weighted by atomic mass is 10.1. The van der Waals surface area contributed by atoms with E-state index in [4.69, 9.17) is 16.1 Å². The van der Waals surface area contributed by atoms with E-state index < -0.39 is 0 Å². The van der Waals surface area contributed by atoms with Crippen molar-refractivity contribution in [1.82, 2.24) is 15.0 Å². The molecule has 2 aromatic heterocycles. The van der Waals surface area contributed by atoms with Gasteiger partial charge in [-0.15, -0.1) is 0 Å². The van der Waals surface area contributed by atoms with E-state index in [1.54, 1.807) is 0 Å². The van der Waals surface area contributed by atoms with Crippen LogP contribution in [0.5, 0.6) is 0 Å². The lowest BCUT2D eigenvalue weighted by molar-refractivity contribution is 0.242. The number of benzene rings is 1. The molecule has 3 aromatic rings. The normalized spacial score (nSPS) is 16.0. The Morgan fingerprint density at radius 1 is 1.12 bits per heavy atom. The number of fused-ring (bicyclic) bond motifs is 1. The number of pyridine rings is 1. The van der Waals surface area contributed by atoms with E-state index in [0.29, 0.717) is 0 Å². The summed E-state index contributed by atoms with van der Waals surface area (Å²) in [5.74, 6) is 0.866. The van der Waals surface area contributed by atoms with E-state index in [2.05, 4.69) is 32.1 Å². The Kier molecular flexibility index (Phi) is 4.12. The maximum Gasteiger partial charge on any atom is 0.133 e. The fourth-order valence-corrected chi connectivity index (χ4v) is 3.42. The lowest BCUT2D eigenvalue weighted by Gasteiger charge is -2.36. The Morgan fingerprint density at radius 3 is 2.71 bits per heavy atom. The second-order valence-electron chi connectivity index (χ2n) is 6.18. The summed E-state index contributed by atoms with van der Waals surface area (Å²) >= 11 is 6.08. The zero-order valence-corrected chi connectivity index (χ0v) is 14.3. The number of aryl methyl sites for hydroxylation is 1. The minimum atomic E-state index is 0.722. The summed E-state index contributed by atoms with van der Waals surface area (Å²) in [6, 6.07) is 10.0. The summed E-state index contributed by atoms with van der Waals surface area (Å²) in [7, 11) is 0. The van der Waals surface area contributed by atoms with Crippen molar-refractivity contribution in [3.05, 3.63) is 53.0 Å². The molecule has 0 unspecified atom stereocenters. The molecule has 0 atom stereocenters. The van der Waals surface area contributed by atoms with Gasteiger partial charge in [0.15, 0.2) is 0 Å². The summed E-state index contributed by atoms with van der Waals surface area (Å²) in [6.45, 7) is 6.75. The van der Waals surface area contributed by atoms with Crippen LogP contribution in [0.1, 0.15) is 11.5 Å². The Morgan fingerprint density at radius 2 is 1.96 bits per heavy atom. The average Bonchev–Trinajstić information content (AvgIpc) is 3.00. The van der Waals surface area contributed by atoms with Gasteiger partial charge in [0.25, 0.3) is 0 Å². The summed E-state index contributed by atoms with van der Waals surface area (Å²) < 4.78 is 5.15. The summed E-state index contributed by atoms with van der Waals surface area (Å²) in [6.07, 6.45) is 1.86. The number of halogens is 1. The topological polar surface area (TPSA) is 45.4 Å². The Balaban J connectivity index is 1.48. The first-order valence-electron chi connectivity index (χ1n) is 8.13. The Labute approximate surface area is 145 Å². The van der Waals surface area contributed by atoms with Gasteiger partial charge in [0.2, 0.25) is 0 Å². The Hall–Kier alpha value is -2.11. The number of aromatic nitrogens is 2. The van der Waals surface area contributed by atoms with Crippen LogP contribution < -0.4 is 4.90 Å². The largest absolute Gasteiger partial charge is 0.368 e. The zero-order chi connectivity index (χ0) is 16.5. The third kappa shape index (κ3) is 3.09. The van der Waals surface area contributed by atoms with Crippen molar-refractivity contribution in [1.29, 1.82) is 0 Å². The first kappa shape index (κ1) is 15.4. The molecular formula is C18H19ClN4O. The second kappa shape index (κ2) is 6.42. The van der Waals surface area contributed by atoms with Crippen LogP contribution in [0.25, 0.3) is 10.9 Å². The summed E-state index contributed by atoms with van der Waals surface area (Å²) in [4.78, 5) is 9.26. The third-order valence-corrected chi connectivity index (χ3v) is 4.69. The molecule has 24 heavy (non-hydrogen) atoms. The molecule has 0 bridgehead atoms. The number of nitrogens with zero attached hydrogens (tertiary/aromatic N) is 4. The monoisotopic (exact) mass is 342 g/mol. The number of hydrogen-bond acceptors (Lipinski definition) is 5. The highest BCUT2D eigenvalue weighted by molar-refractivity contribution is 6.31. The summed E-state index contributed by atoms with van der Waals surface area (Å²) in [5.41, 5.74) is 3.18. The van der Waals surface area contributed by atoms with Crippen LogP contribution in [-0.2, 0) is 6.54 Å². The number of piperazine rings is 1. The van der Waals surface area contributed by atoms with Gasteiger partial charge < -0.3 is 9.42 Å². The number of anilines is 1. The Bertz CT molecular complexity index is 855. The molecule has 1 aromatic carbocycles. The molecule has 0 amide bonds. The van der Waals surface area contributed by atoms with Gasteiger partial charge in [0, 0.05) is 61.1 Å². The van der Waals surface area contributed by atoms with Gasteiger partial charge in [-0.25, -0.2) is 0 Å². The predicted molar refractivity (Wildman–Crippen MR) is 95.5 cm³/mol. The standard InChI is InChI=1S/C18H19ClN4O/c1-13-10-15(21-24-13)12-22-6-8-23(9-7-22)18-4-5-20-17-11-14(19)2-3-16(17)18/h2-5,10-11H,6-9,12H2,1H3.